The molecule has 0 heterocycles. The monoisotopic (exact) mass is 395 g/mol. The zero-order valence-electron chi connectivity index (χ0n) is 18.1. The first-order valence-corrected chi connectivity index (χ1v) is 10.6. The number of carbonyl (C=O) groups is 1. The third-order valence-corrected chi connectivity index (χ3v) is 4.53. The molecule has 0 aliphatic rings. The minimum absolute atomic E-state index is 0.0450. The summed E-state index contributed by atoms with van der Waals surface area (Å²) in [5, 5.41) is 3.06. The third kappa shape index (κ3) is 6.38. The number of allylic oxidation sites excluding steroid dienone is 1. The Balaban J connectivity index is 2.40. The minimum atomic E-state index is -0.0450. The minimum Gasteiger partial charge on any atom is -0.493 e. The molecule has 0 amide bonds. The SMILES string of the molecule is CCCOc1ccc(CCC)c(OCCC)c1C=CC(=O)c1ccc(NC)cc1. The van der Waals surface area contributed by atoms with Gasteiger partial charge in [-0.15, -0.1) is 0 Å². The van der Waals surface area contributed by atoms with Gasteiger partial charge in [0.15, 0.2) is 5.78 Å². The molecule has 0 spiro atoms. The number of ketones is 1. The molecule has 156 valence electrons. The molecule has 0 unspecified atom stereocenters. The van der Waals surface area contributed by atoms with Crippen molar-refractivity contribution in [3.63, 3.8) is 0 Å². The number of hydrogen-bond acceptors (Lipinski definition) is 4. The largest absolute Gasteiger partial charge is 0.493 e. The molecule has 2 aromatic carbocycles. The molecule has 2 aromatic rings. The standard InChI is InChI=1S/C25H33NO3/c1-5-8-20-11-16-24(28-17-6-2)22(25(20)29-18-7-3)14-15-23(27)19-9-12-21(26-4)13-10-19/h9-16,26H,5-8,17-18H2,1-4H3. The number of nitrogens with one attached hydrogen (secondary N) is 1. The lowest BCUT2D eigenvalue weighted by atomic mass is 10.0. The maximum Gasteiger partial charge on any atom is 0.185 e. The molecule has 0 saturated carbocycles. The number of rotatable bonds is 12. The molecule has 1 N–H and O–H groups in total. The van der Waals surface area contributed by atoms with Crippen molar-refractivity contribution in [2.24, 2.45) is 0 Å². The predicted molar refractivity (Wildman–Crippen MR) is 121 cm³/mol. The molecular weight excluding hydrogens is 362 g/mol. The summed E-state index contributed by atoms with van der Waals surface area (Å²) in [6.45, 7) is 7.58. The van der Waals surface area contributed by atoms with Gasteiger partial charge in [0.1, 0.15) is 11.5 Å². The highest BCUT2D eigenvalue weighted by atomic mass is 16.5. The molecule has 0 fully saturated rings. The van der Waals surface area contributed by atoms with Gasteiger partial charge in [-0.3, -0.25) is 4.79 Å². The molecule has 0 radical (unpaired) electrons. The van der Waals surface area contributed by atoms with Crippen LogP contribution in [-0.4, -0.2) is 26.0 Å². The first-order valence-electron chi connectivity index (χ1n) is 10.6. The molecule has 0 bridgehead atoms. The van der Waals surface area contributed by atoms with Gasteiger partial charge < -0.3 is 14.8 Å². The second-order valence-electron chi connectivity index (χ2n) is 6.94. The summed E-state index contributed by atoms with van der Waals surface area (Å²) in [6.07, 6.45) is 7.23. The average Bonchev–Trinajstić information content (AvgIpc) is 2.76. The Hall–Kier alpha value is -2.75. The summed E-state index contributed by atoms with van der Waals surface area (Å²) in [5.41, 5.74) is 3.62. The summed E-state index contributed by atoms with van der Waals surface area (Å²) in [4.78, 5) is 12.7. The first-order chi connectivity index (χ1) is 14.1. The van der Waals surface area contributed by atoms with Crippen molar-refractivity contribution in [3.05, 3.63) is 59.2 Å². The van der Waals surface area contributed by atoms with Gasteiger partial charge in [-0.05, 0) is 67.3 Å². The van der Waals surface area contributed by atoms with E-state index in [2.05, 4.69) is 32.2 Å². The Labute approximate surface area is 174 Å². The zero-order chi connectivity index (χ0) is 21.1. The fraction of sp³-hybridized carbons (Fsp3) is 0.400. The third-order valence-electron chi connectivity index (χ3n) is 4.53. The number of aryl methyl sites for hydroxylation is 1. The molecule has 0 aliphatic heterocycles. The lowest BCUT2D eigenvalue weighted by Gasteiger charge is -2.17. The van der Waals surface area contributed by atoms with Crippen LogP contribution in [0.3, 0.4) is 0 Å². The number of hydrogen-bond donors (Lipinski definition) is 1. The molecule has 4 nitrogen and oxygen atoms in total. The Morgan fingerprint density at radius 2 is 1.62 bits per heavy atom. The van der Waals surface area contributed by atoms with Crippen molar-refractivity contribution < 1.29 is 14.3 Å². The van der Waals surface area contributed by atoms with E-state index < -0.39 is 0 Å². The van der Waals surface area contributed by atoms with Crippen LogP contribution in [0, 0.1) is 0 Å². The van der Waals surface area contributed by atoms with Gasteiger partial charge in [-0.1, -0.05) is 33.3 Å². The first kappa shape index (κ1) is 22.5. The second-order valence-corrected chi connectivity index (χ2v) is 6.94. The normalized spacial score (nSPS) is 10.9. The molecule has 29 heavy (non-hydrogen) atoms. The maximum atomic E-state index is 12.7. The van der Waals surface area contributed by atoms with Gasteiger partial charge in [-0.2, -0.15) is 0 Å². The Morgan fingerprint density at radius 1 is 0.931 bits per heavy atom. The van der Waals surface area contributed by atoms with E-state index in [-0.39, 0.29) is 5.78 Å². The van der Waals surface area contributed by atoms with E-state index in [4.69, 9.17) is 9.47 Å². The molecule has 4 heteroatoms. The molecule has 2 rings (SSSR count). The Bertz CT molecular complexity index is 810. The lowest BCUT2D eigenvalue weighted by molar-refractivity contribution is 0.104. The van der Waals surface area contributed by atoms with Crippen molar-refractivity contribution in [2.45, 2.75) is 46.5 Å². The van der Waals surface area contributed by atoms with Gasteiger partial charge in [0, 0.05) is 18.3 Å². The van der Waals surface area contributed by atoms with Crippen molar-refractivity contribution in [1.82, 2.24) is 0 Å². The highest BCUT2D eigenvalue weighted by Gasteiger charge is 2.14. The van der Waals surface area contributed by atoms with Crippen LogP contribution in [0.15, 0.2) is 42.5 Å². The van der Waals surface area contributed by atoms with Gasteiger partial charge in [-0.25, -0.2) is 0 Å². The van der Waals surface area contributed by atoms with Crippen LogP contribution in [0.5, 0.6) is 11.5 Å². The van der Waals surface area contributed by atoms with E-state index in [9.17, 15) is 4.79 Å². The highest BCUT2D eigenvalue weighted by Crippen LogP contribution is 2.35. The van der Waals surface area contributed by atoms with E-state index in [1.165, 1.54) is 0 Å². The summed E-state index contributed by atoms with van der Waals surface area (Å²) in [5.74, 6) is 1.54. The van der Waals surface area contributed by atoms with Crippen molar-refractivity contribution in [1.29, 1.82) is 0 Å². The van der Waals surface area contributed by atoms with Crippen LogP contribution in [0.25, 0.3) is 6.08 Å². The van der Waals surface area contributed by atoms with Crippen LogP contribution in [-0.2, 0) is 6.42 Å². The summed E-state index contributed by atoms with van der Waals surface area (Å²) in [7, 11) is 1.86. The lowest BCUT2D eigenvalue weighted by Crippen LogP contribution is -2.05. The van der Waals surface area contributed by atoms with Crippen LogP contribution in [0.1, 0.15) is 61.5 Å². The van der Waals surface area contributed by atoms with Crippen LogP contribution in [0.4, 0.5) is 5.69 Å². The Morgan fingerprint density at radius 3 is 2.24 bits per heavy atom. The van der Waals surface area contributed by atoms with Gasteiger partial charge in [0.25, 0.3) is 0 Å². The van der Waals surface area contributed by atoms with Crippen molar-refractivity contribution in [3.8, 4) is 11.5 Å². The van der Waals surface area contributed by atoms with Crippen LogP contribution >= 0.6 is 0 Å². The van der Waals surface area contributed by atoms with E-state index in [1.807, 2.05) is 43.5 Å². The molecular formula is C25H33NO3. The van der Waals surface area contributed by atoms with E-state index in [0.717, 1.165) is 54.0 Å². The predicted octanol–water partition coefficient (Wildman–Crippen LogP) is 6.15. The number of ether oxygens (including phenoxy) is 2. The fourth-order valence-corrected chi connectivity index (χ4v) is 3.02. The molecule has 0 aliphatic carbocycles. The van der Waals surface area contributed by atoms with Gasteiger partial charge >= 0.3 is 0 Å². The quantitative estimate of drug-likeness (QED) is 0.346. The number of anilines is 1. The second kappa shape index (κ2) is 11.9. The summed E-state index contributed by atoms with van der Waals surface area (Å²) >= 11 is 0. The molecule has 0 saturated heterocycles. The van der Waals surface area contributed by atoms with E-state index in [1.54, 1.807) is 6.08 Å². The fourth-order valence-electron chi connectivity index (χ4n) is 3.02. The summed E-state index contributed by atoms with van der Waals surface area (Å²) in [6, 6.07) is 11.5. The average molecular weight is 396 g/mol. The molecule has 0 atom stereocenters. The highest BCUT2D eigenvalue weighted by molar-refractivity contribution is 6.07. The molecule has 0 aromatic heterocycles. The maximum absolute atomic E-state index is 12.7. The van der Waals surface area contributed by atoms with Crippen LogP contribution in [0.2, 0.25) is 0 Å². The topological polar surface area (TPSA) is 47.6 Å². The zero-order valence-corrected chi connectivity index (χ0v) is 18.1. The van der Waals surface area contributed by atoms with Gasteiger partial charge in [0.05, 0.1) is 18.8 Å². The van der Waals surface area contributed by atoms with E-state index in [0.29, 0.717) is 18.8 Å². The van der Waals surface area contributed by atoms with Crippen molar-refractivity contribution >= 4 is 17.5 Å². The number of carbonyl (C=O) groups excluding carboxylic acids is 1. The van der Waals surface area contributed by atoms with Crippen molar-refractivity contribution in [2.75, 3.05) is 25.6 Å². The van der Waals surface area contributed by atoms with Gasteiger partial charge in [0.2, 0.25) is 0 Å². The smallest absolute Gasteiger partial charge is 0.185 e. The van der Waals surface area contributed by atoms with E-state index >= 15 is 0 Å². The van der Waals surface area contributed by atoms with Crippen LogP contribution < -0.4 is 14.8 Å². The summed E-state index contributed by atoms with van der Waals surface area (Å²) < 4.78 is 12.1. The number of benzene rings is 2. The Kier molecular flexibility index (Phi) is 9.29.